The Morgan fingerprint density at radius 3 is 2.37 bits per heavy atom. The molecule has 0 aliphatic carbocycles. The van der Waals surface area contributed by atoms with Crippen LogP contribution in [0.5, 0.6) is 23.0 Å². The Bertz CT molecular complexity index is 1020. The van der Waals surface area contributed by atoms with Crippen LogP contribution < -0.4 is 29.2 Å². The minimum Gasteiger partial charge on any atom is -0.493 e. The van der Waals surface area contributed by atoms with Gasteiger partial charge in [0, 0.05) is 56.1 Å². The molecular weight excluding hydrogens is 446 g/mol. The summed E-state index contributed by atoms with van der Waals surface area (Å²) in [5.41, 5.74) is 2.70. The number of hydrogen-bond acceptors (Lipinski definition) is 7. The summed E-state index contributed by atoms with van der Waals surface area (Å²) < 4.78 is 22.1. The highest BCUT2D eigenvalue weighted by molar-refractivity contribution is 5.99. The molecule has 1 N–H and O–H groups in total. The number of piperazine rings is 1. The molecule has 4 rings (SSSR count). The normalized spacial score (nSPS) is 15.5. The molecule has 0 radical (unpaired) electrons. The lowest BCUT2D eigenvalue weighted by Gasteiger charge is -2.36. The van der Waals surface area contributed by atoms with Gasteiger partial charge in [0.25, 0.3) is 5.91 Å². The molecule has 0 aromatic heterocycles. The van der Waals surface area contributed by atoms with E-state index < -0.39 is 0 Å². The first-order chi connectivity index (χ1) is 17.1. The van der Waals surface area contributed by atoms with Crippen LogP contribution in [0.15, 0.2) is 42.0 Å². The molecule has 188 valence electrons. The second kappa shape index (κ2) is 11.8. The van der Waals surface area contributed by atoms with Gasteiger partial charge in [0.15, 0.2) is 11.5 Å². The van der Waals surface area contributed by atoms with Gasteiger partial charge >= 0.3 is 0 Å². The van der Waals surface area contributed by atoms with Gasteiger partial charge in [0.1, 0.15) is 12.4 Å². The Morgan fingerprint density at radius 1 is 0.971 bits per heavy atom. The number of rotatable bonds is 10. The number of methoxy groups -OCH3 is 3. The van der Waals surface area contributed by atoms with Crippen molar-refractivity contribution in [3.63, 3.8) is 0 Å². The van der Waals surface area contributed by atoms with Crippen LogP contribution in [0.2, 0.25) is 0 Å². The molecule has 0 unspecified atom stereocenters. The van der Waals surface area contributed by atoms with Crippen LogP contribution in [0.25, 0.3) is 6.08 Å². The van der Waals surface area contributed by atoms with Gasteiger partial charge < -0.3 is 29.2 Å². The third kappa shape index (κ3) is 6.00. The molecule has 2 heterocycles. The summed E-state index contributed by atoms with van der Waals surface area (Å²) in [6.45, 7) is 5.87. The van der Waals surface area contributed by atoms with Gasteiger partial charge in [-0.15, -0.1) is 0 Å². The number of ether oxygens (including phenoxy) is 4. The van der Waals surface area contributed by atoms with Gasteiger partial charge in [-0.1, -0.05) is 18.2 Å². The summed E-state index contributed by atoms with van der Waals surface area (Å²) in [5.74, 6) is 2.74. The van der Waals surface area contributed by atoms with Crippen LogP contribution in [0.1, 0.15) is 18.4 Å². The third-order valence-corrected chi connectivity index (χ3v) is 6.50. The number of amides is 1. The van der Waals surface area contributed by atoms with E-state index in [4.69, 9.17) is 18.9 Å². The number of carbonyl (C=O) groups excluding carboxylic acids is 1. The number of nitrogens with one attached hydrogen (secondary N) is 1. The smallest absolute Gasteiger partial charge is 0.250 e. The van der Waals surface area contributed by atoms with E-state index in [9.17, 15) is 4.79 Å². The fraction of sp³-hybridized carbons (Fsp3) is 0.444. The zero-order valence-corrected chi connectivity index (χ0v) is 20.8. The van der Waals surface area contributed by atoms with E-state index in [1.807, 2.05) is 42.5 Å². The molecule has 0 spiro atoms. The van der Waals surface area contributed by atoms with E-state index in [-0.39, 0.29) is 5.91 Å². The molecule has 1 amide bonds. The number of hydrogen-bond donors (Lipinski definition) is 1. The van der Waals surface area contributed by atoms with Gasteiger partial charge in [0.2, 0.25) is 5.75 Å². The number of unbranched alkanes of at least 4 members (excludes halogenated alkanes) is 1. The molecule has 1 fully saturated rings. The Labute approximate surface area is 207 Å². The maximum Gasteiger partial charge on any atom is 0.250 e. The lowest BCUT2D eigenvalue weighted by molar-refractivity contribution is -0.117. The molecule has 2 aromatic carbocycles. The highest BCUT2D eigenvalue weighted by Crippen LogP contribution is 2.41. The van der Waals surface area contributed by atoms with E-state index in [1.54, 1.807) is 21.3 Å². The molecule has 8 heteroatoms. The van der Waals surface area contributed by atoms with E-state index in [0.717, 1.165) is 62.6 Å². The van der Waals surface area contributed by atoms with Crippen molar-refractivity contribution in [1.29, 1.82) is 0 Å². The number of benzene rings is 2. The van der Waals surface area contributed by atoms with Gasteiger partial charge in [-0.3, -0.25) is 9.69 Å². The average Bonchev–Trinajstić information content (AvgIpc) is 2.91. The van der Waals surface area contributed by atoms with Crippen LogP contribution in [0.3, 0.4) is 0 Å². The second-order valence-corrected chi connectivity index (χ2v) is 8.67. The van der Waals surface area contributed by atoms with Crippen molar-refractivity contribution >= 4 is 17.7 Å². The van der Waals surface area contributed by atoms with Gasteiger partial charge in [-0.25, -0.2) is 0 Å². The molecule has 2 aliphatic heterocycles. The molecule has 35 heavy (non-hydrogen) atoms. The predicted octanol–water partition coefficient (Wildman–Crippen LogP) is 3.21. The Kier molecular flexibility index (Phi) is 8.36. The summed E-state index contributed by atoms with van der Waals surface area (Å²) in [4.78, 5) is 17.3. The Morgan fingerprint density at radius 2 is 1.69 bits per heavy atom. The van der Waals surface area contributed by atoms with E-state index in [1.165, 1.54) is 0 Å². The van der Waals surface area contributed by atoms with Crippen molar-refractivity contribution in [2.75, 3.05) is 72.1 Å². The number of fused-ring (bicyclic) bond motifs is 1. The average molecular weight is 482 g/mol. The minimum atomic E-state index is -0.0431. The summed E-state index contributed by atoms with van der Waals surface area (Å²) in [7, 11) is 4.89. The summed E-state index contributed by atoms with van der Waals surface area (Å²) in [6, 6.07) is 11.8. The van der Waals surface area contributed by atoms with Crippen molar-refractivity contribution in [1.82, 2.24) is 10.2 Å². The lowest BCUT2D eigenvalue weighted by atomic mass is 10.1. The Balaban J connectivity index is 1.18. The van der Waals surface area contributed by atoms with Gasteiger partial charge in [-0.2, -0.15) is 0 Å². The van der Waals surface area contributed by atoms with E-state index in [2.05, 4.69) is 15.1 Å². The zero-order chi connectivity index (χ0) is 24.6. The number of anilines is 1. The number of carbonyl (C=O) groups is 1. The highest BCUT2D eigenvalue weighted by atomic mass is 16.5. The largest absolute Gasteiger partial charge is 0.493 e. The number of nitrogens with zero attached hydrogens (tertiary/aromatic N) is 2. The fourth-order valence-electron chi connectivity index (χ4n) is 4.50. The lowest BCUT2D eigenvalue weighted by Crippen LogP contribution is -2.46. The standard InChI is InChI=1S/C27H35N3O5/c1-32-24-17-22(18-25(33-2)26(24)34-3)30-14-12-29(13-15-30)11-7-6-10-28-27(31)21-16-20-8-4-5-9-23(20)35-19-21/h4-5,8-9,16-18H,6-7,10-15,19H2,1-3H3,(H,28,31). The van der Waals surface area contributed by atoms with Gasteiger partial charge in [-0.05, 0) is 31.5 Å². The first kappa shape index (κ1) is 24.7. The van der Waals surface area contributed by atoms with Gasteiger partial charge in [0.05, 0.1) is 26.9 Å². The van der Waals surface area contributed by atoms with Crippen LogP contribution >= 0.6 is 0 Å². The monoisotopic (exact) mass is 481 g/mol. The summed E-state index contributed by atoms with van der Waals surface area (Å²) >= 11 is 0. The SMILES string of the molecule is COc1cc(N2CCN(CCCCNC(=O)C3=Cc4ccccc4OC3)CC2)cc(OC)c1OC. The quantitative estimate of drug-likeness (QED) is 0.523. The zero-order valence-electron chi connectivity index (χ0n) is 20.8. The van der Waals surface area contributed by atoms with Crippen molar-refractivity contribution < 1.29 is 23.7 Å². The molecule has 1 saturated heterocycles. The van der Waals surface area contributed by atoms with Crippen molar-refractivity contribution in [2.24, 2.45) is 0 Å². The first-order valence-corrected chi connectivity index (χ1v) is 12.1. The molecule has 8 nitrogen and oxygen atoms in total. The predicted molar refractivity (Wildman–Crippen MR) is 137 cm³/mol. The number of para-hydroxylation sites is 1. The van der Waals surface area contributed by atoms with Crippen molar-refractivity contribution in [2.45, 2.75) is 12.8 Å². The Hall–Kier alpha value is -3.39. The second-order valence-electron chi connectivity index (χ2n) is 8.67. The van der Waals surface area contributed by atoms with E-state index >= 15 is 0 Å². The molecule has 0 saturated carbocycles. The molecular formula is C27H35N3O5. The molecule has 0 atom stereocenters. The molecule has 2 aromatic rings. The van der Waals surface area contributed by atoms with Crippen molar-refractivity contribution in [3.8, 4) is 23.0 Å². The first-order valence-electron chi connectivity index (χ1n) is 12.1. The van der Waals surface area contributed by atoms with Crippen LogP contribution in [-0.2, 0) is 4.79 Å². The fourth-order valence-corrected chi connectivity index (χ4v) is 4.50. The van der Waals surface area contributed by atoms with E-state index in [0.29, 0.717) is 36.0 Å². The molecule has 2 aliphatic rings. The summed E-state index contributed by atoms with van der Waals surface area (Å²) in [6.07, 6.45) is 3.91. The topological polar surface area (TPSA) is 72.5 Å². The van der Waals surface area contributed by atoms with Crippen molar-refractivity contribution in [3.05, 3.63) is 47.5 Å². The third-order valence-electron chi connectivity index (χ3n) is 6.50. The summed E-state index contributed by atoms with van der Waals surface area (Å²) in [5, 5.41) is 3.03. The van der Waals surface area contributed by atoms with Crippen LogP contribution in [0, 0.1) is 0 Å². The minimum absolute atomic E-state index is 0.0431. The molecule has 0 bridgehead atoms. The maximum atomic E-state index is 12.5. The van der Waals surface area contributed by atoms with Crippen LogP contribution in [-0.4, -0.2) is 78.0 Å². The maximum absolute atomic E-state index is 12.5. The highest BCUT2D eigenvalue weighted by Gasteiger charge is 2.21. The van der Waals surface area contributed by atoms with Crippen LogP contribution in [0.4, 0.5) is 5.69 Å².